The van der Waals surface area contributed by atoms with E-state index in [9.17, 15) is 41.0 Å². The third kappa shape index (κ3) is 5.98. The third-order valence-corrected chi connectivity index (χ3v) is 8.84. The quantitative estimate of drug-likeness (QED) is 0.186. The zero-order valence-corrected chi connectivity index (χ0v) is 24.4. The smallest absolute Gasteiger partial charge is 0.416 e. The van der Waals surface area contributed by atoms with Gasteiger partial charge in [0, 0.05) is 5.92 Å². The van der Waals surface area contributed by atoms with Crippen LogP contribution in [0.4, 0.5) is 32.0 Å². The van der Waals surface area contributed by atoms with E-state index in [-0.39, 0.29) is 37.7 Å². The lowest BCUT2D eigenvalue weighted by Crippen LogP contribution is -2.35. The number of allylic oxidation sites excluding steroid dienone is 2. The second-order valence-electron chi connectivity index (χ2n) is 11.8. The van der Waals surface area contributed by atoms with Crippen molar-refractivity contribution in [2.45, 2.75) is 71.5 Å². The Labute approximate surface area is 250 Å². The van der Waals surface area contributed by atoms with Gasteiger partial charge in [-0.05, 0) is 73.6 Å². The summed E-state index contributed by atoms with van der Waals surface area (Å²) in [6.07, 6.45) is -6.59. The lowest BCUT2D eigenvalue weighted by atomic mass is 9.67. The Morgan fingerprint density at radius 1 is 1.02 bits per heavy atom. The first kappa shape index (κ1) is 32.0. The van der Waals surface area contributed by atoms with Crippen molar-refractivity contribution in [3.05, 3.63) is 69.7 Å². The van der Waals surface area contributed by atoms with Crippen LogP contribution in [-0.4, -0.2) is 29.6 Å². The number of halogens is 6. The second kappa shape index (κ2) is 11.8. The number of rotatable bonds is 8. The molecule has 0 bridgehead atoms. The van der Waals surface area contributed by atoms with Gasteiger partial charge in [0.05, 0.1) is 41.4 Å². The molecular formula is C32H33F6NO5. The lowest BCUT2D eigenvalue weighted by Gasteiger charge is -2.33. The van der Waals surface area contributed by atoms with Gasteiger partial charge in [-0.3, -0.25) is 9.59 Å². The topological polar surface area (TPSA) is 80.0 Å². The molecular weight excluding hydrogens is 592 g/mol. The number of imide groups is 1. The maximum atomic E-state index is 13.8. The predicted octanol–water partition coefficient (Wildman–Crippen LogP) is 7.56. The molecule has 1 aromatic carbocycles. The monoisotopic (exact) mass is 625 g/mol. The van der Waals surface area contributed by atoms with Gasteiger partial charge in [0.2, 0.25) is 11.8 Å². The zero-order chi connectivity index (χ0) is 32.1. The first-order chi connectivity index (χ1) is 20.6. The van der Waals surface area contributed by atoms with Crippen LogP contribution in [0.1, 0.15) is 69.1 Å². The van der Waals surface area contributed by atoms with Crippen LogP contribution in [0.2, 0.25) is 0 Å². The molecule has 1 N–H and O–H groups in total. The highest BCUT2D eigenvalue weighted by atomic mass is 19.4. The number of amides is 2. The molecule has 0 saturated carbocycles. The van der Waals surface area contributed by atoms with Crippen LogP contribution in [0.15, 0.2) is 51.5 Å². The minimum absolute atomic E-state index is 0.0239. The number of nitrogens with zero attached hydrogens (tertiary/aromatic N) is 1. The van der Waals surface area contributed by atoms with E-state index < -0.39 is 58.7 Å². The van der Waals surface area contributed by atoms with Crippen molar-refractivity contribution >= 4 is 23.6 Å². The molecule has 2 aliphatic heterocycles. The summed E-state index contributed by atoms with van der Waals surface area (Å²) in [5.41, 5.74) is -1.02. The van der Waals surface area contributed by atoms with Crippen molar-refractivity contribution in [3.8, 4) is 0 Å². The van der Waals surface area contributed by atoms with E-state index in [0.717, 1.165) is 23.1 Å². The molecule has 6 nitrogen and oxygen atoms in total. The van der Waals surface area contributed by atoms with Gasteiger partial charge < -0.3 is 14.3 Å². The second-order valence-corrected chi connectivity index (χ2v) is 11.8. The molecule has 0 spiro atoms. The van der Waals surface area contributed by atoms with E-state index in [1.165, 1.54) is 0 Å². The van der Waals surface area contributed by atoms with E-state index in [1.807, 2.05) is 26.8 Å². The molecule has 1 aromatic heterocycles. The number of alkyl halides is 6. The van der Waals surface area contributed by atoms with Crippen molar-refractivity contribution in [2.75, 3.05) is 11.5 Å². The normalized spacial score (nSPS) is 24.5. The van der Waals surface area contributed by atoms with E-state index >= 15 is 0 Å². The van der Waals surface area contributed by atoms with Crippen LogP contribution in [0.3, 0.4) is 0 Å². The number of aliphatic hydroxyl groups is 1. The lowest BCUT2D eigenvalue weighted by molar-refractivity contribution is -0.143. The average molecular weight is 626 g/mol. The molecule has 238 valence electrons. The molecule has 2 fully saturated rings. The number of carbonyl (C=O) groups excluding carboxylic acids is 2. The highest BCUT2D eigenvalue weighted by Crippen LogP contribution is 2.52. The van der Waals surface area contributed by atoms with Gasteiger partial charge in [0.25, 0.3) is 0 Å². The molecule has 3 heterocycles. The summed E-state index contributed by atoms with van der Waals surface area (Å²) in [5, 5.41) is 9.26. The molecule has 0 radical (unpaired) electrons. The van der Waals surface area contributed by atoms with Crippen molar-refractivity contribution < 1.29 is 50.2 Å². The van der Waals surface area contributed by atoms with Crippen molar-refractivity contribution in [1.29, 1.82) is 0 Å². The summed E-state index contributed by atoms with van der Waals surface area (Å²) >= 11 is 0. The van der Waals surface area contributed by atoms with E-state index in [0.29, 0.717) is 41.4 Å². The Morgan fingerprint density at radius 2 is 1.68 bits per heavy atom. The summed E-state index contributed by atoms with van der Waals surface area (Å²) < 4.78 is 93.2. The fourth-order valence-corrected chi connectivity index (χ4v) is 6.71. The highest BCUT2D eigenvalue weighted by Gasteiger charge is 2.58. The molecule has 2 amide bonds. The van der Waals surface area contributed by atoms with Crippen LogP contribution in [0.5, 0.6) is 0 Å². The SMILES string of the molecule is CC/C(=C\c1ccc(CO)o1)CC[C@H]1OC[C@H]2C1=C(C(C)C)C[C@H]1C(=O)N(c3cc(C(F)(F)F)cc(C(F)(F)F)c3)C(=O)[C@H]12. The van der Waals surface area contributed by atoms with Gasteiger partial charge in [0.15, 0.2) is 0 Å². The van der Waals surface area contributed by atoms with Crippen molar-refractivity contribution in [3.63, 3.8) is 0 Å². The summed E-state index contributed by atoms with van der Waals surface area (Å²) in [7, 11) is 0. The molecule has 12 heteroatoms. The molecule has 2 saturated heterocycles. The van der Waals surface area contributed by atoms with Crippen LogP contribution < -0.4 is 4.90 Å². The number of aliphatic hydroxyl groups excluding tert-OH is 1. The molecule has 5 rings (SSSR count). The maximum Gasteiger partial charge on any atom is 0.416 e. The Bertz CT molecular complexity index is 1470. The number of anilines is 1. The van der Waals surface area contributed by atoms with E-state index in [1.54, 1.807) is 12.1 Å². The fraction of sp³-hybridized carbons (Fsp3) is 0.500. The van der Waals surface area contributed by atoms with Gasteiger partial charge in [-0.25, -0.2) is 4.90 Å². The predicted molar refractivity (Wildman–Crippen MR) is 148 cm³/mol. The Morgan fingerprint density at radius 3 is 2.23 bits per heavy atom. The highest BCUT2D eigenvalue weighted by molar-refractivity contribution is 6.22. The molecule has 1 aliphatic carbocycles. The summed E-state index contributed by atoms with van der Waals surface area (Å²) in [5.74, 6) is -2.96. The third-order valence-electron chi connectivity index (χ3n) is 8.84. The molecule has 2 aromatic rings. The van der Waals surface area contributed by atoms with Crippen LogP contribution in [-0.2, 0) is 33.3 Å². The maximum absolute atomic E-state index is 13.8. The first-order valence-electron chi connectivity index (χ1n) is 14.5. The van der Waals surface area contributed by atoms with Gasteiger partial charge in [-0.1, -0.05) is 31.9 Å². The van der Waals surface area contributed by atoms with Crippen LogP contribution >= 0.6 is 0 Å². The average Bonchev–Trinajstić information content (AvgIpc) is 3.65. The minimum atomic E-state index is -5.12. The Balaban J connectivity index is 1.44. The number of fused-ring (bicyclic) bond motifs is 3. The Hall–Kier alpha value is -3.38. The number of furan rings is 1. The number of hydrogen-bond donors (Lipinski definition) is 1. The molecule has 0 unspecified atom stereocenters. The van der Waals surface area contributed by atoms with Crippen LogP contribution in [0.25, 0.3) is 6.08 Å². The van der Waals surface area contributed by atoms with Crippen molar-refractivity contribution in [1.82, 2.24) is 0 Å². The Kier molecular flexibility index (Phi) is 8.62. The largest absolute Gasteiger partial charge is 0.459 e. The number of hydrogen-bond acceptors (Lipinski definition) is 5. The number of carbonyl (C=O) groups is 2. The summed E-state index contributed by atoms with van der Waals surface area (Å²) in [6.45, 7) is 5.80. The molecule has 3 aliphatic rings. The van der Waals surface area contributed by atoms with E-state index in [2.05, 4.69) is 0 Å². The standard InChI is InChI=1S/C32H33F6NO5/c1-4-17(9-21-6-7-22(14-40)44-21)5-8-26-27-23(16(2)3)13-24-28(25(27)15-43-26)30(42)39(29(24)41)20-11-18(31(33,34)35)10-19(12-20)32(36,37)38/h6-7,9-12,16,24-26,28,40H,4-5,8,13-15H2,1-3H3/b17-9+/t24-,25+,26-,28-/m1/s1. The molecule has 44 heavy (non-hydrogen) atoms. The summed E-state index contributed by atoms with van der Waals surface area (Å²) in [4.78, 5) is 27.9. The van der Waals surface area contributed by atoms with Gasteiger partial charge >= 0.3 is 12.4 Å². The fourth-order valence-electron chi connectivity index (χ4n) is 6.71. The van der Waals surface area contributed by atoms with Gasteiger partial charge in [-0.15, -0.1) is 0 Å². The zero-order valence-electron chi connectivity index (χ0n) is 24.4. The van der Waals surface area contributed by atoms with Crippen molar-refractivity contribution in [2.24, 2.45) is 23.7 Å². The number of benzene rings is 1. The van der Waals surface area contributed by atoms with Crippen LogP contribution in [0, 0.1) is 23.7 Å². The van der Waals surface area contributed by atoms with Gasteiger partial charge in [0.1, 0.15) is 18.1 Å². The first-order valence-corrected chi connectivity index (χ1v) is 14.5. The summed E-state index contributed by atoms with van der Waals surface area (Å²) in [6, 6.07) is 4.28. The minimum Gasteiger partial charge on any atom is -0.459 e. The molecule has 4 atom stereocenters. The number of ether oxygens (including phenoxy) is 1. The van der Waals surface area contributed by atoms with E-state index in [4.69, 9.17) is 9.15 Å². The van der Waals surface area contributed by atoms with Gasteiger partial charge in [-0.2, -0.15) is 26.3 Å².